The highest BCUT2D eigenvalue weighted by Gasteiger charge is 2.27. The summed E-state index contributed by atoms with van der Waals surface area (Å²) in [6.45, 7) is 0.00227. The first-order valence-corrected chi connectivity index (χ1v) is 12.3. The van der Waals surface area contributed by atoms with E-state index in [0.29, 0.717) is 0 Å². The highest BCUT2D eigenvalue weighted by molar-refractivity contribution is 7.92. The van der Waals surface area contributed by atoms with Crippen LogP contribution in [0.15, 0.2) is 60.7 Å². The zero-order valence-corrected chi connectivity index (χ0v) is 20.5. The molecule has 1 N–H and O–H groups in total. The summed E-state index contributed by atoms with van der Waals surface area (Å²) in [5.41, 5.74) is 1.09. The maximum absolute atomic E-state index is 13.3. The molecule has 1 amide bonds. The van der Waals surface area contributed by atoms with Crippen molar-refractivity contribution in [1.82, 2.24) is 0 Å². The molecule has 3 aromatic rings. The predicted octanol–water partition coefficient (Wildman–Crippen LogP) is 5.23. The molecule has 10 heteroatoms. The monoisotopic (exact) mass is 508 g/mol. The van der Waals surface area contributed by atoms with Gasteiger partial charge in [0, 0.05) is 6.07 Å². The molecule has 174 valence electrons. The third-order valence-electron chi connectivity index (χ3n) is 4.79. The molecule has 0 saturated heterocycles. The Morgan fingerprint density at radius 3 is 2.06 bits per heavy atom. The minimum absolute atomic E-state index is 0.00227. The molecule has 3 aromatic carbocycles. The molecule has 0 aromatic heterocycles. The first-order valence-electron chi connectivity index (χ1n) is 9.68. The van der Waals surface area contributed by atoms with E-state index < -0.39 is 15.9 Å². The van der Waals surface area contributed by atoms with Gasteiger partial charge in [-0.3, -0.25) is 9.10 Å². The minimum Gasteiger partial charge on any atom is -0.493 e. The number of hydrogen-bond donors (Lipinski definition) is 1. The van der Waals surface area contributed by atoms with Crippen molar-refractivity contribution in [3.63, 3.8) is 0 Å². The van der Waals surface area contributed by atoms with Gasteiger partial charge in [0.15, 0.2) is 11.5 Å². The van der Waals surface area contributed by atoms with Crippen LogP contribution in [-0.4, -0.2) is 34.8 Å². The highest BCUT2D eigenvalue weighted by atomic mass is 35.5. The Morgan fingerprint density at radius 2 is 1.52 bits per heavy atom. The van der Waals surface area contributed by atoms with Gasteiger partial charge < -0.3 is 14.8 Å². The molecule has 0 saturated carbocycles. The zero-order valence-electron chi connectivity index (χ0n) is 18.1. The number of anilines is 2. The van der Waals surface area contributed by atoms with Gasteiger partial charge in [-0.15, -0.1) is 0 Å². The molecular formula is C23H22Cl2N2O5S. The van der Waals surface area contributed by atoms with Crippen LogP contribution in [0, 0.1) is 0 Å². The van der Waals surface area contributed by atoms with E-state index in [4.69, 9.17) is 32.7 Å². The van der Waals surface area contributed by atoms with Crippen LogP contribution >= 0.6 is 23.2 Å². The third kappa shape index (κ3) is 5.71. The lowest BCUT2D eigenvalue weighted by Crippen LogP contribution is -2.31. The Bertz CT molecular complexity index is 1250. The maximum atomic E-state index is 13.3. The average molecular weight is 509 g/mol. The quantitative estimate of drug-likeness (QED) is 0.450. The van der Waals surface area contributed by atoms with E-state index in [1.807, 2.05) is 6.07 Å². The van der Waals surface area contributed by atoms with Crippen LogP contribution in [0.1, 0.15) is 15.9 Å². The number of rotatable bonds is 8. The molecule has 0 bridgehead atoms. The number of nitrogens with one attached hydrogen (secondary N) is 1. The second-order valence-corrected chi connectivity index (χ2v) is 9.75. The first-order chi connectivity index (χ1) is 15.7. The summed E-state index contributed by atoms with van der Waals surface area (Å²) in [4.78, 5) is 13.3. The molecular weight excluding hydrogens is 487 g/mol. The van der Waals surface area contributed by atoms with Crippen molar-refractivity contribution in [2.45, 2.75) is 6.54 Å². The van der Waals surface area contributed by atoms with Gasteiger partial charge in [0.25, 0.3) is 5.91 Å². The van der Waals surface area contributed by atoms with Crippen LogP contribution in [-0.2, 0) is 16.6 Å². The number of benzene rings is 3. The summed E-state index contributed by atoms with van der Waals surface area (Å²) >= 11 is 12.4. The van der Waals surface area contributed by atoms with Gasteiger partial charge >= 0.3 is 0 Å². The van der Waals surface area contributed by atoms with Crippen molar-refractivity contribution in [3.05, 3.63) is 81.8 Å². The molecule has 0 aliphatic heterocycles. The largest absolute Gasteiger partial charge is 0.493 e. The molecule has 0 fully saturated rings. The minimum atomic E-state index is -3.80. The zero-order chi connectivity index (χ0) is 24.2. The average Bonchev–Trinajstić information content (AvgIpc) is 2.79. The van der Waals surface area contributed by atoms with E-state index in [1.165, 1.54) is 26.4 Å². The molecule has 3 rings (SSSR count). The number of halogens is 2. The molecule has 0 aliphatic carbocycles. The summed E-state index contributed by atoms with van der Waals surface area (Å²) in [5, 5.41) is 3.15. The fraction of sp³-hybridized carbons (Fsp3) is 0.174. The fourth-order valence-corrected chi connectivity index (χ4v) is 4.57. The van der Waals surface area contributed by atoms with E-state index in [2.05, 4.69) is 5.32 Å². The number of ether oxygens (including phenoxy) is 2. The van der Waals surface area contributed by atoms with Crippen LogP contribution in [0.2, 0.25) is 10.0 Å². The smallest absolute Gasteiger partial charge is 0.258 e. The van der Waals surface area contributed by atoms with Crippen molar-refractivity contribution in [1.29, 1.82) is 0 Å². The Kier molecular flexibility index (Phi) is 7.73. The summed E-state index contributed by atoms with van der Waals surface area (Å²) < 4.78 is 37.5. The van der Waals surface area contributed by atoms with E-state index >= 15 is 0 Å². The lowest BCUT2D eigenvalue weighted by molar-refractivity contribution is 0.102. The van der Waals surface area contributed by atoms with E-state index in [-0.39, 0.29) is 45.0 Å². The van der Waals surface area contributed by atoms with Crippen molar-refractivity contribution in [3.8, 4) is 11.5 Å². The Balaban J connectivity index is 2.17. The highest BCUT2D eigenvalue weighted by Crippen LogP contribution is 2.38. The SMILES string of the molecule is COc1cc(C(=O)Nc2c(Cl)cccc2Cl)c(N(Cc2ccccc2)S(C)(=O)=O)cc1OC. The Morgan fingerprint density at radius 1 is 0.939 bits per heavy atom. The standard InChI is InChI=1S/C23H22Cl2N2O5S/c1-31-20-12-16(23(28)26-22-17(24)10-7-11-18(22)25)19(13-21(20)32-2)27(33(3,29)30)14-15-8-5-4-6-9-15/h4-13H,14H2,1-3H3,(H,26,28). The number of nitrogens with zero attached hydrogens (tertiary/aromatic N) is 1. The van der Waals surface area contributed by atoms with Crippen LogP contribution in [0.25, 0.3) is 0 Å². The summed E-state index contributed by atoms with van der Waals surface area (Å²) in [6, 6.07) is 16.7. The van der Waals surface area contributed by atoms with E-state index in [0.717, 1.165) is 16.1 Å². The maximum Gasteiger partial charge on any atom is 0.258 e. The van der Waals surface area contributed by atoms with Gasteiger partial charge in [-0.05, 0) is 23.8 Å². The lowest BCUT2D eigenvalue weighted by Gasteiger charge is -2.26. The molecule has 0 heterocycles. The second kappa shape index (κ2) is 10.3. The predicted molar refractivity (Wildman–Crippen MR) is 131 cm³/mol. The number of para-hydroxylation sites is 1. The molecule has 33 heavy (non-hydrogen) atoms. The van der Waals surface area contributed by atoms with Crippen molar-refractivity contribution >= 4 is 50.5 Å². The van der Waals surface area contributed by atoms with Crippen LogP contribution in [0.3, 0.4) is 0 Å². The van der Waals surface area contributed by atoms with Crippen molar-refractivity contribution in [2.24, 2.45) is 0 Å². The molecule has 0 radical (unpaired) electrons. The summed E-state index contributed by atoms with van der Waals surface area (Å²) in [6.07, 6.45) is 1.07. The third-order valence-corrected chi connectivity index (χ3v) is 6.54. The van der Waals surface area contributed by atoms with Crippen LogP contribution in [0.5, 0.6) is 11.5 Å². The number of sulfonamides is 1. The summed E-state index contributed by atoms with van der Waals surface area (Å²) in [5.74, 6) is -0.103. The summed E-state index contributed by atoms with van der Waals surface area (Å²) in [7, 11) is -0.959. The van der Waals surface area contributed by atoms with Gasteiger partial charge in [0.05, 0.1) is 54.0 Å². The second-order valence-electron chi connectivity index (χ2n) is 7.03. The Labute approximate surface area is 202 Å². The van der Waals surface area contributed by atoms with Gasteiger partial charge in [0.2, 0.25) is 10.0 Å². The number of carbonyl (C=O) groups excluding carboxylic acids is 1. The van der Waals surface area contributed by atoms with Gasteiger partial charge in [0.1, 0.15) is 0 Å². The van der Waals surface area contributed by atoms with Gasteiger partial charge in [-0.2, -0.15) is 0 Å². The van der Waals surface area contributed by atoms with Crippen LogP contribution in [0.4, 0.5) is 11.4 Å². The van der Waals surface area contributed by atoms with E-state index in [9.17, 15) is 13.2 Å². The number of methoxy groups -OCH3 is 2. The normalized spacial score (nSPS) is 11.1. The van der Waals surface area contributed by atoms with Crippen molar-refractivity contribution in [2.75, 3.05) is 30.1 Å². The van der Waals surface area contributed by atoms with Gasteiger partial charge in [-0.25, -0.2) is 8.42 Å². The van der Waals surface area contributed by atoms with Gasteiger partial charge in [-0.1, -0.05) is 59.6 Å². The number of hydrogen-bond acceptors (Lipinski definition) is 5. The molecule has 0 unspecified atom stereocenters. The number of carbonyl (C=O) groups is 1. The molecule has 0 atom stereocenters. The Hall–Kier alpha value is -2.94. The van der Waals surface area contributed by atoms with Crippen LogP contribution < -0.4 is 19.1 Å². The molecule has 7 nitrogen and oxygen atoms in total. The van der Waals surface area contributed by atoms with E-state index in [1.54, 1.807) is 42.5 Å². The molecule has 0 aliphatic rings. The molecule has 0 spiro atoms. The fourth-order valence-electron chi connectivity index (χ4n) is 3.18. The van der Waals surface area contributed by atoms with Crippen molar-refractivity contribution < 1.29 is 22.7 Å². The number of amides is 1. The topological polar surface area (TPSA) is 84.9 Å². The first kappa shape index (κ1) is 24.7. The lowest BCUT2D eigenvalue weighted by atomic mass is 10.1.